The molecule has 0 bridgehead atoms. The first-order chi connectivity index (χ1) is 9.88. The van der Waals surface area contributed by atoms with Crippen LogP contribution in [0.1, 0.15) is 30.9 Å². The second-order valence-corrected chi connectivity index (χ2v) is 5.54. The number of piperidine rings is 1. The summed E-state index contributed by atoms with van der Waals surface area (Å²) in [6.45, 7) is 4.93. The predicted octanol–water partition coefficient (Wildman–Crippen LogP) is 1.17. The number of aromatic nitrogens is 1. The number of hydrogen-bond acceptors (Lipinski definition) is 4. The van der Waals surface area contributed by atoms with Crippen molar-refractivity contribution in [2.45, 2.75) is 25.3 Å². The topological polar surface area (TPSA) is 48.5 Å². The summed E-state index contributed by atoms with van der Waals surface area (Å²) in [6, 6.07) is 4.44. The molecule has 0 spiro atoms. The Morgan fingerprint density at radius 3 is 2.75 bits per heavy atom. The quantitative estimate of drug-likeness (QED) is 0.841. The first-order valence-corrected chi connectivity index (χ1v) is 7.51. The van der Waals surface area contributed by atoms with Crippen molar-refractivity contribution in [2.75, 3.05) is 37.6 Å². The number of anilines is 1. The minimum Gasteiger partial charge on any atom is -0.354 e. The minimum absolute atomic E-state index is 0.214. The largest absolute Gasteiger partial charge is 0.354 e. The number of nitrogens with zero attached hydrogens (tertiary/aromatic N) is 3. The zero-order valence-corrected chi connectivity index (χ0v) is 11.8. The third-order valence-electron chi connectivity index (χ3n) is 4.28. The van der Waals surface area contributed by atoms with Crippen LogP contribution in [0.15, 0.2) is 18.3 Å². The first kappa shape index (κ1) is 13.4. The Kier molecular flexibility index (Phi) is 4.16. The number of rotatable bonds is 3. The predicted molar refractivity (Wildman–Crippen MR) is 78.7 cm³/mol. The summed E-state index contributed by atoms with van der Waals surface area (Å²) in [4.78, 5) is 20.0. The number of pyridine rings is 1. The van der Waals surface area contributed by atoms with Crippen LogP contribution in [0.25, 0.3) is 0 Å². The summed E-state index contributed by atoms with van der Waals surface area (Å²) < 4.78 is 0. The van der Waals surface area contributed by atoms with E-state index < -0.39 is 0 Å². The van der Waals surface area contributed by atoms with Gasteiger partial charge >= 0.3 is 0 Å². The SMILES string of the molecule is O=CN1CCCC[C@@H]1c1ccc(N2CCNCC2)nc1. The van der Waals surface area contributed by atoms with Crippen molar-refractivity contribution in [3.8, 4) is 0 Å². The van der Waals surface area contributed by atoms with Crippen molar-refractivity contribution in [3.05, 3.63) is 23.9 Å². The number of nitrogens with one attached hydrogen (secondary N) is 1. The molecule has 5 nitrogen and oxygen atoms in total. The highest BCUT2D eigenvalue weighted by Crippen LogP contribution is 2.29. The molecular weight excluding hydrogens is 252 g/mol. The molecule has 1 N–H and O–H groups in total. The highest BCUT2D eigenvalue weighted by Gasteiger charge is 2.23. The van der Waals surface area contributed by atoms with Crippen molar-refractivity contribution < 1.29 is 4.79 Å². The van der Waals surface area contributed by atoms with Crippen molar-refractivity contribution in [1.29, 1.82) is 0 Å². The standard InChI is InChI=1S/C15H22N4O/c20-12-19-8-2-1-3-14(19)13-4-5-15(17-11-13)18-9-6-16-7-10-18/h4-5,11-12,14,16H,1-3,6-10H2/t14-/m1/s1. The average Bonchev–Trinajstić information content (AvgIpc) is 2.56. The molecule has 1 aromatic rings. The molecule has 2 aliphatic heterocycles. The van der Waals surface area contributed by atoms with Gasteiger partial charge in [-0.1, -0.05) is 6.07 Å². The zero-order chi connectivity index (χ0) is 13.8. The zero-order valence-electron chi connectivity index (χ0n) is 11.8. The van der Waals surface area contributed by atoms with Crippen LogP contribution >= 0.6 is 0 Å². The van der Waals surface area contributed by atoms with E-state index in [0.717, 1.165) is 63.4 Å². The molecule has 5 heteroatoms. The first-order valence-electron chi connectivity index (χ1n) is 7.51. The molecule has 3 rings (SSSR count). The van der Waals surface area contributed by atoms with Crippen LogP contribution in [0.5, 0.6) is 0 Å². The molecule has 2 aliphatic rings. The van der Waals surface area contributed by atoms with E-state index in [1.54, 1.807) is 0 Å². The molecule has 3 heterocycles. The van der Waals surface area contributed by atoms with Gasteiger partial charge in [-0.15, -0.1) is 0 Å². The van der Waals surface area contributed by atoms with Crippen molar-refractivity contribution in [3.63, 3.8) is 0 Å². The van der Waals surface area contributed by atoms with Crippen LogP contribution in [0, 0.1) is 0 Å². The summed E-state index contributed by atoms with van der Waals surface area (Å²) in [5.74, 6) is 1.05. The van der Waals surface area contributed by atoms with Crippen LogP contribution in [-0.2, 0) is 4.79 Å². The van der Waals surface area contributed by atoms with Gasteiger partial charge in [0.15, 0.2) is 0 Å². The molecule has 0 aliphatic carbocycles. The van der Waals surface area contributed by atoms with E-state index in [-0.39, 0.29) is 6.04 Å². The number of carbonyl (C=O) groups excluding carboxylic acids is 1. The summed E-state index contributed by atoms with van der Waals surface area (Å²) in [6.07, 6.45) is 6.28. The normalized spacial score (nSPS) is 23.7. The smallest absolute Gasteiger partial charge is 0.210 e. The van der Waals surface area contributed by atoms with Crippen molar-refractivity contribution in [2.24, 2.45) is 0 Å². The van der Waals surface area contributed by atoms with Crippen LogP contribution < -0.4 is 10.2 Å². The molecule has 108 valence electrons. The van der Waals surface area contributed by atoms with Crippen molar-refractivity contribution in [1.82, 2.24) is 15.2 Å². The van der Waals surface area contributed by atoms with Gasteiger partial charge in [-0.05, 0) is 30.9 Å². The van der Waals surface area contributed by atoms with Gasteiger partial charge in [0.25, 0.3) is 0 Å². The molecule has 0 unspecified atom stereocenters. The second-order valence-electron chi connectivity index (χ2n) is 5.54. The molecule has 1 atom stereocenters. The molecule has 1 amide bonds. The summed E-state index contributed by atoms with van der Waals surface area (Å²) in [7, 11) is 0. The number of likely N-dealkylation sites (tertiary alicyclic amines) is 1. The molecule has 20 heavy (non-hydrogen) atoms. The number of amides is 1. The minimum atomic E-state index is 0.214. The van der Waals surface area contributed by atoms with E-state index in [4.69, 9.17) is 0 Å². The van der Waals surface area contributed by atoms with E-state index in [1.165, 1.54) is 6.42 Å². The highest BCUT2D eigenvalue weighted by atomic mass is 16.1. The summed E-state index contributed by atoms with van der Waals surface area (Å²) in [5, 5.41) is 3.35. The monoisotopic (exact) mass is 274 g/mol. The maximum Gasteiger partial charge on any atom is 0.210 e. The molecule has 2 fully saturated rings. The van der Waals surface area contributed by atoms with Crippen LogP contribution in [0.4, 0.5) is 5.82 Å². The third kappa shape index (κ3) is 2.77. The molecular formula is C15H22N4O. The average molecular weight is 274 g/mol. The maximum absolute atomic E-state index is 11.1. The Balaban J connectivity index is 1.72. The van der Waals surface area contributed by atoms with Crippen LogP contribution in [0.3, 0.4) is 0 Å². The number of piperazine rings is 1. The van der Waals surface area contributed by atoms with Crippen molar-refractivity contribution >= 4 is 12.2 Å². The van der Waals surface area contributed by atoms with Gasteiger partial charge in [0.2, 0.25) is 6.41 Å². The van der Waals surface area contributed by atoms with Crippen LogP contribution in [0.2, 0.25) is 0 Å². The molecule has 0 radical (unpaired) electrons. The fourth-order valence-corrected chi connectivity index (χ4v) is 3.11. The van der Waals surface area contributed by atoms with Gasteiger partial charge in [-0.3, -0.25) is 4.79 Å². The maximum atomic E-state index is 11.1. The molecule has 1 aromatic heterocycles. The second kappa shape index (κ2) is 6.22. The van der Waals surface area contributed by atoms with Gasteiger partial charge in [0.05, 0.1) is 6.04 Å². The summed E-state index contributed by atoms with van der Waals surface area (Å²) >= 11 is 0. The van der Waals surface area contributed by atoms with E-state index in [9.17, 15) is 4.79 Å². The van der Waals surface area contributed by atoms with Gasteiger partial charge in [-0.2, -0.15) is 0 Å². The Morgan fingerprint density at radius 2 is 2.05 bits per heavy atom. The number of carbonyl (C=O) groups is 1. The van der Waals surface area contributed by atoms with E-state index in [0.29, 0.717) is 0 Å². The molecule has 0 aromatic carbocycles. The fraction of sp³-hybridized carbons (Fsp3) is 0.600. The fourth-order valence-electron chi connectivity index (χ4n) is 3.11. The highest BCUT2D eigenvalue weighted by molar-refractivity contribution is 5.49. The van der Waals surface area contributed by atoms with Gasteiger partial charge in [-0.25, -0.2) is 4.98 Å². The van der Waals surface area contributed by atoms with Gasteiger partial charge in [0, 0.05) is 38.9 Å². The molecule has 2 saturated heterocycles. The molecule has 0 saturated carbocycles. The van der Waals surface area contributed by atoms with E-state index >= 15 is 0 Å². The lowest BCUT2D eigenvalue weighted by Crippen LogP contribution is -2.43. The van der Waals surface area contributed by atoms with E-state index in [1.807, 2.05) is 11.1 Å². The Bertz CT molecular complexity index is 442. The van der Waals surface area contributed by atoms with Gasteiger partial charge < -0.3 is 15.1 Å². The van der Waals surface area contributed by atoms with Crippen LogP contribution in [-0.4, -0.2) is 49.0 Å². The third-order valence-corrected chi connectivity index (χ3v) is 4.28. The lowest BCUT2D eigenvalue weighted by atomic mass is 9.97. The lowest BCUT2D eigenvalue weighted by Gasteiger charge is -2.33. The Morgan fingerprint density at radius 1 is 1.20 bits per heavy atom. The number of hydrogen-bond donors (Lipinski definition) is 1. The Hall–Kier alpha value is -1.62. The van der Waals surface area contributed by atoms with E-state index in [2.05, 4.69) is 27.3 Å². The van der Waals surface area contributed by atoms with Gasteiger partial charge in [0.1, 0.15) is 5.82 Å². The lowest BCUT2D eigenvalue weighted by molar-refractivity contribution is -0.121. The Labute approximate surface area is 120 Å². The summed E-state index contributed by atoms with van der Waals surface area (Å²) in [5.41, 5.74) is 1.16.